The van der Waals surface area contributed by atoms with Crippen LogP contribution in [0, 0.1) is 5.41 Å². The molecule has 0 atom stereocenters. The predicted molar refractivity (Wildman–Crippen MR) is 131 cm³/mol. The summed E-state index contributed by atoms with van der Waals surface area (Å²) in [5.74, 6) is -0.306. The molecule has 0 aliphatic carbocycles. The van der Waals surface area contributed by atoms with Crippen LogP contribution in [0.25, 0.3) is 10.9 Å². The van der Waals surface area contributed by atoms with Crippen molar-refractivity contribution >= 4 is 22.6 Å². The average molecular weight is 466 g/mol. The molecule has 2 aromatic carbocycles. The Morgan fingerprint density at radius 1 is 0.971 bits per heavy atom. The number of ether oxygens (including phenoxy) is 1. The molecule has 0 saturated heterocycles. The summed E-state index contributed by atoms with van der Waals surface area (Å²) in [6, 6.07) is 13.6. The zero-order chi connectivity index (χ0) is 24.9. The van der Waals surface area contributed by atoms with E-state index in [1.165, 1.54) is 4.57 Å². The predicted octanol–water partition coefficient (Wildman–Crippen LogP) is 2.59. The SMILES string of the molecule is COCCCNC(=O)c1ccc(Cn2c(=O)c3ccccc3n(CC(=O)C(C)(C)C)c2=O)cc1. The van der Waals surface area contributed by atoms with Gasteiger partial charge in [-0.2, -0.15) is 0 Å². The summed E-state index contributed by atoms with van der Waals surface area (Å²) in [6.45, 7) is 6.38. The lowest BCUT2D eigenvalue weighted by Crippen LogP contribution is -2.42. The molecule has 0 aliphatic heterocycles. The fourth-order valence-corrected chi connectivity index (χ4v) is 3.51. The lowest BCUT2D eigenvalue weighted by Gasteiger charge is -2.19. The van der Waals surface area contributed by atoms with Crippen molar-refractivity contribution < 1.29 is 14.3 Å². The van der Waals surface area contributed by atoms with Crippen LogP contribution in [0.1, 0.15) is 43.1 Å². The van der Waals surface area contributed by atoms with Gasteiger partial charge in [0.1, 0.15) is 0 Å². The van der Waals surface area contributed by atoms with Crippen molar-refractivity contribution in [1.29, 1.82) is 0 Å². The van der Waals surface area contributed by atoms with Gasteiger partial charge in [-0.05, 0) is 36.2 Å². The summed E-state index contributed by atoms with van der Waals surface area (Å²) in [7, 11) is 1.61. The summed E-state index contributed by atoms with van der Waals surface area (Å²) < 4.78 is 7.47. The van der Waals surface area contributed by atoms with Gasteiger partial charge in [-0.15, -0.1) is 0 Å². The van der Waals surface area contributed by atoms with Crippen LogP contribution in [0.4, 0.5) is 0 Å². The van der Waals surface area contributed by atoms with E-state index in [-0.39, 0.29) is 24.8 Å². The summed E-state index contributed by atoms with van der Waals surface area (Å²) in [5, 5.41) is 3.19. The van der Waals surface area contributed by atoms with Crippen LogP contribution in [-0.4, -0.2) is 41.1 Å². The number of nitrogens with one attached hydrogen (secondary N) is 1. The van der Waals surface area contributed by atoms with Crippen LogP contribution in [-0.2, 0) is 22.6 Å². The van der Waals surface area contributed by atoms with Gasteiger partial charge in [0.2, 0.25) is 0 Å². The third-order valence-electron chi connectivity index (χ3n) is 5.64. The number of nitrogens with zero attached hydrogens (tertiary/aromatic N) is 2. The number of benzene rings is 2. The van der Waals surface area contributed by atoms with Gasteiger partial charge in [0.15, 0.2) is 5.78 Å². The first kappa shape index (κ1) is 25.1. The van der Waals surface area contributed by atoms with Crippen LogP contribution in [0.2, 0.25) is 0 Å². The number of amides is 1. The highest BCUT2D eigenvalue weighted by molar-refractivity contribution is 5.94. The average Bonchev–Trinajstić information content (AvgIpc) is 2.81. The van der Waals surface area contributed by atoms with Crippen LogP contribution in [0.15, 0.2) is 58.1 Å². The largest absolute Gasteiger partial charge is 0.385 e. The molecular weight excluding hydrogens is 434 g/mol. The van der Waals surface area contributed by atoms with Crippen LogP contribution in [0.5, 0.6) is 0 Å². The van der Waals surface area contributed by atoms with Crippen molar-refractivity contribution in [2.75, 3.05) is 20.3 Å². The Morgan fingerprint density at radius 2 is 1.65 bits per heavy atom. The van der Waals surface area contributed by atoms with E-state index in [0.29, 0.717) is 35.2 Å². The number of hydrogen-bond donors (Lipinski definition) is 1. The summed E-state index contributed by atoms with van der Waals surface area (Å²) >= 11 is 0. The number of rotatable bonds is 9. The lowest BCUT2D eigenvalue weighted by molar-refractivity contribution is -0.126. The maximum absolute atomic E-state index is 13.3. The third-order valence-corrected chi connectivity index (χ3v) is 5.64. The number of Topliss-reactive ketones (excluding diaryl/α,β-unsaturated/α-hetero) is 1. The molecule has 3 aromatic rings. The second kappa shape index (κ2) is 10.6. The number of carbonyl (C=O) groups is 2. The van der Waals surface area contributed by atoms with Gasteiger partial charge in [0.25, 0.3) is 11.5 Å². The van der Waals surface area contributed by atoms with Crippen molar-refractivity contribution in [3.63, 3.8) is 0 Å². The molecule has 0 bridgehead atoms. The maximum Gasteiger partial charge on any atom is 0.332 e. The zero-order valence-corrected chi connectivity index (χ0v) is 20.1. The van der Waals surface area contributed by atoms with Crippen molar-refractivity contribution in [3.05, 3.63) is 80.5 Å². The Kier molecular flexibility index (Phi) is 7.83. The molecule has 180 valence electrons. The van der Waals surface area contributed by atoms with E-state index in [1.807, 2.05) is 0 Å². The Morgan fingerprint density at radius 3 is 2.29 bits per heavy atom. The third kappa shape index (κ3) is 5.69. The second-order valence-electron chi connectivity index (χ2n) is 9.25. The first-order valence-corrected chi connectivity index (χ1v) is 11.2. The smallest absolute Gasteiger partial charge is 0.332 e. The first-order valence-electron chi connectivity index (χ1n) is 11.2. The number of methoxy groups -OCH3 is 1. The van der Waals surface area contributed by atoms with Gasteiger partial charge < -0.3 is 10.1 Å². The molecule has 8 nitrogen and oxygen atoms in total. The van der Waals surface area contributed by atoms with Crippen molar-refractivity contribution in [2.45, 2.75) is 40.3 Å². The molecule has 3 rings (SSSR count). The van der Waals surface area contributed by atoms with E-state index in [0.717, 1.165) is 11.0 Å². The van der Waals surface area contributed by atoms with E-state index in [2.05, 4.69) is 5.32 Å². The van der Waals surface area contributed by atoms with Crippen molar-refractivity contribution in [3.8, 4) is 0 Å². The van der Waals surface area contributed by atoms with E-state index in [1.54, 1.807) is 76.4 Å². The minimum absolute atomic E-state index is 0.0297. The fourth-order valence-electron chi connectivity index (χ4n) is 3.51. The number of aromatic nitrogens is 2. The number of carbonyl (C=O) groups excluding carboxylic acids is 2. The number of para-hydroxylation sites is 1. The topological polar surface area (TPSA) is 99.4 Å². The standard InChI is InChI=1S/C26H31N3O5/c1-26(2,3)22(30)17-28-21-9-6-5-8-20(21)24(32)29(25(28)33)16-18-10-12-19(13-11-18)23(31)27-14-7-15-34-4/h5-6,8-13H,7,14-17H2,1-4H3,(H,27,31). The van der Waals surface area contributed by atoms with E-state index in [4.69, 9.17) is 4.74 Å². The normalized spacial score (nSPS) is 11.5. The van der Waals surface area contributed by atoms with Gasteiger partial charge in [-0.25, -0.2) is 4.79 Å². The van der Waals surface area contributed by atoms with Crippen molar-refractivity contribution in [2.24, 2.45) is 5.41 Å². The van der Waals surface area contributed by atoms with Gasteiger partial charge >= 0.3 is 5.69 Å². The summed E-state index contributed by atoms with van der Waals surface area (Å²) in [4.78, 5) is 51.4. The Hall–Kier alpha value is -3.52. The Balaban J connectivity index is 1.92. The highest BCUT2D eigenvalue weighted by Crippen LogP contribution is 2.17. The van der Waals surface area contributed by atoms with Gasteiger partial charge in [0.05, 0.1) is 24.0 Å². The van der Waals surface area contributed by atoms with Crippen molar-refractivity contribution in [1.82, 2.24) is 14.5 Å². The minimum atomic E-state index is -0.624. The fraction of sp³-hybridized carbons (Fsp3) is 0.385. The van der Waals surface area contributed by atoms with Crippen LogP contribution >= 0.6 is 0 Å². The monoisotopic (exact) mass is 465 g/mol. The second-order valence-corrected chi connectivity index (χ2v) is 9.25. The number of ketones is 1. The molecule has 1 amide bonds. The molecule has 0 spiro atoms. The van der Waals surface area contributed by atoms with Gasteiger partial charge in [-0.3, -0.25) is 23.5 Å². The maximum atomic E-state index is 13.3. The summed E-state index contributed by atoms with van der Waals surface area (Å²) in [5.41, 5.74) is 0.0361. The molecule has 0 radical (unpaired) electrons. The van der Waals surface area contributed by atoms with E-state index < -0.39 is 16.7 Å². The summed E-state index contributed by atoms with van der Waals surface area (Å²) in [6.07, 6.45) is 0.717. The highest BCUT2D eigenvalue weighted by Gasteiger charge is 2.24. The Labute approximate surface area is 198 Å². The molecule has 1 aromatic heterocycles. The zero-order valence-electron chi connectivity index (χ0n) is 20.1. The molecule has 0 unspecified atom stereocenters. The van der Waals surface area contributed by atoms with E-state index >= 15 is 0 Å². The molecule has 1 N–H and O–H groups in total. The highest BCUT2D eigenvalue weighted by atomic mass is 16.5. The Bertz CT molecular complexity index is 1300. The lowest BCUT2D eigenvalue weighted by atomic mass is 9.91. The van der Waals surface area contributed by atoms with Crippen LogP contribution in [0.3, 0.4) is 0 Å². The van der Waals surface area contributed by atoms with Crippen LogP contribution < -0.4 is 16.6 Å². The minimum Gasteiger partial charge on any atom is -0.385 e. The van der Waals surface area contributed by atoms with Gasteiger partial charge in [-0.1, -0.05) is 45.0 Å². The number of hydrogen-bond acceptors (Lipinski definition) is 5. The molecule has 1 heterocycles. The molecule has 0 aliphatic rings. The molecular formula is C26H31N3O5. The first-order chi connectivity index (χ1) is 16.1. The molecule has 0 saturated carbocycles. The van der Waals surface area contributed by atoms with E-state index in [9.17, 15) is 19.2 Å². The number of fused-ring (bicyclic) bond motifs is 1. The molecule has 34 heavy (non-hydrogen) atoms. The van der Waals surface area contributed by atoms with Gasteiger partial charge in [0, 0.05) is 31.2 Å². The quantitative estimate of drug-likeness (QED) is 0.490. The molecule has 8 heteroatoms. The molecule has 0 fully saturated rings.